The van der Waals surface area contributed by atoms with Gasteiger partial charge in [-0.1, -0.05) is 0 Å². The van der Waals surface area contributed by atoms with Crippen LogP contribution in [0, 0.1) is 5.41 Å². The molecule has 2 rings (SSSR count). The second-order valence-electron chi connectivity index (χ2n) is 4.91. The van der Waals surface area contributed by atoms with Crippen LogP contribution in [0.25, 0.3) is 0 Å². The third-order valence-corrected chi connectivity index (χ3v) is 4.27. The summed E-state index contributed by atoms with van der Waals surface area (Å²) >= 11 is 1.58. The van der Waals surface area contributed by atoms with Gasteiger partial charge in [0.1, 0.15) is 5.01 Å². The van der Waals surface area contributed by atoms with E-state index in [1.165, 1.54) is 0 Å². The van der Waals surface area contributed by atoms with Crippen LogP contribution in [0.15, 0.2) is 11.6 Å². The minimum atomic E-state index is -0.274. The summed E-state index contributed by atoms with van der Waals surface area (Å²) in [5.74, 6) is 0.132. The molecule has 2 N–H and O–H groups in total. The van der Waals surface area contributed by atoms with E-state index in [0.717, 1.165) is 30.9 Å². The Hall–Kier alpha value is -0.940. The predicted octanol–water partition coefficient (Wildman–Crippen LogP) is 1.71. The molecule has 17 heavy (non-hydrogen) atoms. The number of amides is 1. The summed E-state index contributed by atoms with van der Waals surface area (Å²) in [6, 6.07) is 0.00116. The molecule has 2 unspecified atom stereocenters. The van der Waals surface area contributed by atoms with Crippen molar-refractivity contribution in [3.63, 3.8) is 0 Å². The first kappa shape index (κ1) is 12.5. The van der Waals surface area contributed by atoms with Gasteiger partial charge in [0, 0.05) is 18.1 Å². The molecule has 94 valence electrons. The van der Waals surface area contributed by atoms with Crippen molar-refractivity contribution in [1.29, 1.82) is 0 Å². The van der Waals surface area contributed by atoms with E-state index in [1.807, 2.05) is 19.2 Å². The Balaban J connectivity index is 1.96. The molecule has 1 aromatic rings. The standard InChI is InChI=1S/C12H19N3OS/c1-9(10-14-6-7-17-10)15-11(16)12(2)4-3-5-13-8-12/h6-7,9,13H,3-5,8H2,1-2H3,(H,15,16). The number of rotatable bonds is 3. The lowest BCUT2D eigenvalue weighted by molar-refractivity contribution is -0.131. The zero-order chi connectivity index (χ0) is 12.3. The van der Waals surface area contributed by atoms with E-state index in [1.54, 1.807) is 17.5 Å². The molecule has 1 aromatic heterocycles. The molecule has 5 heteroatoms. The highest BCUT2D eigenvalue weighted by Crippen LogP contribution is 2.27. The number of carbonyl (C=O) groups excluding carboxylic acids is 1. The average Bonchev–Trinajstić information content (AvgIpc) is 2.83. The van der Waals surface area contributed by atoms with Gasteiger partial charge in [0.25, 0.3) is 0 Å². The molecule has 4 nitrogen and oxygen atoms in total. The smallest absolute Gasteiger partial charge is 0.227 e. The van der Waals surface area contributed by atoms with E-state index in [-0.39, 0.29) is 17.4 Å². The molecule has 2 heterocycles. The first-order chi connectivity index (χ1) is 8.12. The van der Waals surface area contributed by atoms with Crippen molar-refractivity contribution in [1.82, 2.24) is 15.6 Å². The van der Waals surface area contributed by atoms with E-state index in [0.29, 0.717) is 0 Å². The molecular formula is C12H19N3OS. The van der Waals surface area contributed by atoms with E-state index in [9.17, 15) is 4.79 Å². The predicted molar refractivity (Wildman–Crippen MR) is 68.9 cm³/mol. The van der Waals surface area contributed by atoms with Crippen molar-refractivity contribution < 1.29 is 4.79 Å². The van der Waals surface area contributed by atoms with Crippen LogP contribution in [0.4, 0.5) is 0 Å². The lowest BCUT2D eigenvalue weighted by Gasteiger charge is -2.33. The van der Waals surface area contributed by atoms with Crippen LogP contribution in [0.2, 0.25) is 0 Å². The van der Waals surface area contributed by atoms with Crippen molar-refractivity contribution in [3.8, 4) is 0 Å². The number of carbonyl (C=O) groups is 1. The Morgan fingerprint density at radius 3 is 3.12 bits per heavy atom. The summed E-state index contributed by atoms with van der Waals surface area (Å²) in [5, 5.41) is 9.25. The molecule has 0 bridgehead atoms. The first-order valence-corrected chi connectivity index (χ1v) is 6.91. The van der Waals surface area contributed by atoms with Gasteiger partial charge in [-0.25, -0.2) is 4.98 Å². The van der Waals surface area contributed by atoms with Crippen LogP contribution >= 0.6 is 11.3 Å². The number of hydrogen-bond donors (Lipinski definition) is 2. The maximum absolute atomic E-state index is 12.3. The molecule has 0 spiro atoms. The Morgan fingerprint density at radius 2 is 2.53 bits per heavy atom. The largest absolute Gasteiger partial charge is 0.347 e. The van der Waals surface area contributed by atoms with E-state index >= 15 is 0 Å². The van der Waals surface area contributed by atoms with Crippen molar-refractivity contribution >= 4 is 17.2 Å². The normalized spacial score (nSPS) is 26.5. The third kappa shape index (κ3) is 2.84. The van der Waals surface area contributed by atoms with Crippen LogP contribution < -0.4 is 10.6 Å². The number of nitrogens with zero attached hydrogens (tertiary/aromatic N) is 1. The Morgan fingerprint density at radius 1 is 1.71 bits per heavy atom. The molecule has 1 aliphatic rings. The highest BCUT2D eigenvalue weighted by molar-refractivity contribution is 7.09. The fourth-order valence-corrected chi connectivity index (χ4v) is 2.78. The van der Waals surface area contributed by atoms with E-state index in [2.05, 4.69) is 15.6 Å². The van der Waals surface area contributed by atoms with Gasteiger partial charge in [0.2, 0.25) is 5.91 Å². The minimum Gasteiger partial charge on any atom is -0.347 e. The minimum absolute atomic E-state index is 0.00116. The van der Waals surface area contributed by atoms with Gasteiger partial charge in [-0.3, -0.25) is 4.79 Å². The SMILES string of the molecule is CC(NC(=O)C1(C)CCCNC1)c1nccs1. The van der Waals surface area contributed by atoms with Crippen LogP contribution in [0.1, 0.15) is 37.7 Å². The quantitative estimate of drug-likeness (QED) is 0.862. The summed E-state index contributed by atoms with van der Waals surface area (Å²) in [7, 11) is 0. The van der Waals surface area contributed by atoms with Gasteiger partial charge in [-0.15, -0.1) is 11.3 Å². The lowest BCUT2D eigenvalue weighted by Crippen LogP contribution is -2.49. The van der Waals surface area contributed by atoms with E-state index in [4.69, 9.17) is 0 Å². The zero-order valence-electron chi connectivity index (χ0n) is 10.3. The Kier molecular flexibility index (Phi) is 3.79. The summed E-state index contributed by atoms with van der Waals surface area (Å²) < 4.78 is 0. The molecular weight excluding hydrogens is 234 g/mol. The number of hydrogen-bond acceptors (Lipinski definition) is 4. The van der Waals surface area contributed by atoms with Crippen LogP contribution in [-0.4, -0.2) is 24.0 Å². The Labute approximate surface area is 106 Å². The van der Waals surface area contributed by atoms with Gasteiger partial charge >= 0.3 is 0 Å². The average molecular weight is 253 g/mol. The zero-order valence-corrected chi connectivity index (χ0v) is 11.1. The molecule has 0 saturated carbocycles. The van der Waals surface area contributed by atoms with Gasteiger partial charge in [0.05, 0.1) is 11.5 Å². The fourth-order valence-electron chi connectivity index (χ4n) is 2.13. The number of piperidine rings is 1. The third-order valence-electron chi connectivity index (χ3n) is 3.31. The van der Waals surface area contributed by atoms with Crippen LogP contribution in [0.5, 0.6) is 0 Å². The maximum atomic E-state index is 12.3. The molecule has 1 fully saturated rings. The maximum Gasteiger partial charge on any atom is 0.227 e. The summed E-state index contributed by atoms with van der Waals surface area (Å²) in [4.78, 5) is 16.5. The molecule has 1 aliphatic heterocycles. The second-order valence-corrected chi connectivity index (χ2v) is 5.83. The molecule has 0 aromatic carbocycles. The Bertz CT molecular complexity index is 371. The molecule has 0 aliphatic carbocycles. The van der Waals surface area contributed by atoms with Crippen molar-refractivity contribution in [2.45, 2.75) is 32.7 Å². The highest BCUT2D eigenvalue weighted by Gasteiger charge is 2.35. The molecule has 1 saturated heterocycles. The van der Waals surface area contributed by atoms with Crippen LogP contribution in [0.3, 0.4) is 0 Å². The van der Waals surface area contributed by atoms with Gasteiger partial charge in [-0.2, -0.15) is 0 Å². The summed E-state index contributed by atoms with van der Waals surface area (Å²) in [6.07, 6.45) is 3.79. The van der Waals surface area contributed by atoms with Crippen molar-refractivity contribution in [2.75, 3.05) is 13.1 Å². The lowest BCUT2D eigenvalue weighted by atomic mass is 9.82. The fraction of sp³-hybridized carbons (Fsp3) is 0.667. The van der Waals surface area contributed by atoms with Gasteiger partial charge in [-0.05, 0) is 33.2 Å². The number of thiazole rings is 1. The van der Waals surface area contributed by atoms with Crippen molar-refractivity contribution in [2.24, 2.45) is 5.41 Å². The molecule has 0 radical (unpaired) electrons. The summed E-state index contributed by atoms with van der Waals surface area (Å²) in [5.41, 5.74) is -0.274. The topological polar surface area (TPSA) is 54.0 Å². The van der Waals surface area contributed by atoms with E-state index < -0.39 is 0 Å². The van der Waals surface area contributed by atoms with Gasteiger partial charge < -0.3 is 10.6 Å². The molecule has 2 atom stereocenters. The molecule has 1 amide bonds. The van der Waals surface area contributed by atoms with Crippen molar-refractivity contribution in [3.05, 3.63) is 16.6 Å². The number of aromatic nitrogens is 1. The second kappa shape index (κ2) is 5.14. The monoisotopic (exact) mass is 253 g/mol. The summed E-state index contributed by atoms with van der Waals surface area (Å²) in [6.45, 7) is 5.80. The number of nitrogens with one attached hydrogen (secondary N) is 2. The van der Waals surface area contributed by atoms with Gasteiger partial charge in [0.15, 0.2) is 0 Å². The first-order valence-electron chi connectivity index (χ1n) is 6.03. The highest BCUT2D eigenvalue weighted by atomic mass is 32.1. The van der Waals surface area contributed by atoms with Crippen LogP contribution in [-0.2, 0) is 4.79 Å².